The number of amides is 2. The fraction of sp³-hybridized carbons (Fsp3) is 0.421. The normalized spacial score (nSPS) is 14.8. The van der Waals surface area contributed by atoms with Crippen LogP contribution in [-0.4, -0.2) is 70.9 Å². The van der Waals surface area contributed by atoms with Crippen LogP contribution in [0.15, 0.2) is 30.3 Å². The van der Waals surface area contributed by atoms with Crippen LogP contribution in [0.5, 0.6) is 0 Å². The van der Waals surface area contributed by atoms with Crippen molar-refractivity contribution in [3.8, 4) is 11.3 Å². The smallest absolute Gasteiger partial charge is 0.409 e. The van der Waals surface area contributed by atoms with Gasteiger partial charge in [-0.05, 0) is 19.1 Å². The van der Waals surface area contributed by atoms with Gasteiger partial charge in [0, 0.05) is 49.9 Å². The molecule has 1 aliphatic heterocycles. The molecule has 1 saturated heterocycles. The molecule has 1 aliphatic rings. The molecule has 2 aromatic rings. The number of nitrogens with one attached hydrogen (secondary N) is 1. The van der Waals surface area contributed by atoms with Crippen LogP contribution in [-0.2, 0) is 16.6 Å². The fourth-order valence-corrected chi connectivity index (χ4v) is 3.16. The number of hydrogen-bond acceptors (Lipinski definition) is 5. The van der Waals surface area contributed by atoms with Gasteiger partial charge in [-0.1, -0.05) is 23.7 Å². The quantitative estimate of drug-likeness (QED) is 0.826. The van der Waals surface area contributed by atoms with Gasteiger partial charge < -0.3 is 15.0 Å². The predicted octanol–water partition coefficient (Wildman–Crippen LogP) is 2.45. The minimum atomic E-state index is -0.295. The van der Waals surface area contributed by atoms with E-state index in [9.17, 15) is 9.59 Å². The third-order valence-electron chi connectivity index (χ3n) is 4.55. The second-order valence-corrected chi connectivity index (χ2v) is 6.99. The van der Waals surface area contributed by atoms with Gasteiger partial charge in [0.2, 0.25) is 5.91 Å². The average Bonchev–Trinajstić information content (AvgIpc) is 3.03. The van der Waals surface area contributed by atoms with Crippen molar-refractivity contribution in [2.45, 2.75) is 6.92 Å². The third-order valence-corrected chi connectivity index (χ3v) is 4.80. The number of benzene rings is 1. The van der Waals surface area contributed by atoms with Crippen LogP contribution < -0.4 is 5.32 Å². The highest BCUT2D eigenvalue weighted by atomic mass is 35.5. The van der Waals surface area contributed by atoms with E-state index in [4.69, 9.17) is 16.3 Å². The molecule has 1 fully saturated rings. The maximum Gasteiger partial charge on any atom is 0.409 e. The first-order valence-corrected chi connectivity index (χ1v) is 9.58. The van der Waals surface area contributed by atoms with Crippen molar-refractivity contribution >= 4 is 29.4 Å². The molecule has 0 bridgehead atoms. The number of carbonyl (C=O) groups excluding carboxylic acids is 2. The number of ether oxygens (including phenoxy) is 1. The number of aryl methyl sites for hydroxylation is 1. The molecule has 0 radical (unpaired) electrons. The van der Waals surface area contributed by atoms with Crippen molar-refractivity contribution in [3.63, 3.8) is 0 Å². The van der Waals surface area contributed by atoms with E-state index in [1.807, 2.05) is 23.1 Å². The summed E-state index contributed by atoms with van der Waals surface area (Å²) >= 11 is 5.92. The molecular weight excluding hydrogens is 382 g/mol. The third kappa shape index (κ3) is 5.02. The van der Waals surface area contributed by atoms with E-state index in [1.54, 1.807) is 35.7 Å². The zero-order valence-electron chi connectivity index (χ0n) is 16.0. The second kappa shape index (κ2) is 9.07. The summed E-state index contributed by atoms with van der Waals surface area (Å²) in [5.41, 5.74) is 1.69. The van der Waals surface area contributed by atoms with E-state index in [2.05, 4.69) is 10.4 Å². The molecule has 2 amide bonds. The SMILES string of the molecule is CCOC(=O)N1CCN(CC(=O)Nc2cc(-c3ccc(Cl)cc3)nn2C)CC1. The first kappa shape index (κ1) is 20.2. The summed E-state index contributed by atoms with van der Waals surface area (Å²) in [6, 6.07) is 9.22. The highest BCUT2D eigenvalue weighted by Gasteiger charge is 2.23. The van der Waals surface area contributed by atoms with Crippen molar-refractivity contribution in [3.05, 3.63) is 35.4 Å². The molecule has 2 heterocycles. The summed E-state index contributed by atoms with van der Waals surface area (Å²) in [5.74, 6) is 0.510. The highest BCUT2D eigenvalue weighted by Crippen LogP contribution is 2.23. The minimum Gasteiger partial charge on any atom is -0.450 e. The van der Waals surface area contributed by atoms with E-state index in [1.165, 1.54) is 0 Å². The van der Waals surface area contributed by atoms with Crippen molar-refractivity contribution < 1.29 is 14.3 Å². The van der Waals surface area contributed by atoms with Gasteiger partial charge >= 0.3 is 6.09 Å². The Morgan fingerprint density at radius 2 is 1.86 bits per heavy atom. The monoisotopic (exact) mass is 405 g/mol. The van der Waals surface area contributed by atoms with Gasteiger partial charge in [-0.25, -0.2) is 4.79 Å². The van der Waals surface area contributed by atoms with Crippen LogP contribution in [0.3, 0.4) is 0 Å². The molecule has 9 heteroatoms. The summed E-state index contributed by atoms with van der Waals surface area (Å²) in [7, 11) is 1.78. The van der Waals surface area contributed by atoms with Crippen molar-refractivity contribution in [2.75, 3.05) is 44.6 Å². The first-order valence-electron chi connectivity index (χ1n) is 9.20. The maximum atomic E-state index is 12.4. The Balaban J connectivity index is 1.53. The molecule has 3 rings (SSSR count). The van der Waals surface area contributed by atoms with Gasteiger partial charge in [0.15, 0.2) is 0 Å². The molecular formula is C19H24ClN5O3. The van der Waals surface area contributed by atoms with Crippen LogP contribution in [0, 0.1) is 0 Å². The highest BCUT2D eigenvalue weighted by molar-refractivity contribution is 6.30. The molecule has 1 N–H and O–H groups in total. The maximum absolute atomic E-state index is 12.4. The van der Waals surface area contributed by atoms with Gasteiger partial charge in [0.05, 0.1) is 18.8 Å². The average molecular weight is 406 g/mol. The number of piperazine rings is 1. The lowest BCUT2D eigenvalue weighted by molar-refractivity contribution is -0.117. The van der Waals surface area contributed by atoms with E-state index >= 15 is 0 Å². The first-order chi connectivity index (χ1) is 13.5. The minimum absolute atomic E-state index is 0.116. The molecule has 0 saturated carbocycles. The number of halogens is 1. The number of carbonyl (C=O) groups is 2. The Hall–Kier alpha value is -2.58. The summed E-state index contributed by atoms with van der Waals surface area (Å²) in [5, 5.41) is 8.01. The molecule has 0 unspecified atom stereocenters. The largest absolute Gasteiger partial charge is 0.450 e. The lowest BCUT2D eigenvalue weighted by Crippen LogP contribution is -2.50. The lowest BCUT2D eigenvalue weighted by Gasteiger charge is -2.33. The van der Waals surface area contributed by atoms with E-state index in [0.29, 0.717) is 43.6 Å². The molecule has 150 valence electrons. The second-order valence-electron chi connectivity index (χ2n) is 6.56. The van der Waals surface area contributed by atoms with Gasteiger partial charge in [0.1, 0.15) is 5.82 Å². The summed E-state index contributed by atoms with van der Waals surface area (Å²) in [6.45, 7) is 4.79. The predicted molar refractivity (Wildman–Crippen MR) is 107 cm³/mol. The topological polar surface area (TPSA) is 79.7 Å². The molecule has 8 nitrogen and oxygen atoms in total. The van der Waals surface area contributed by atoms with Crippen molar-refractivity contribution in [1.29, 1.82) is 0 Å². The van der Waals surface area contributed by atoms with Crippen molar-refractivity contribution in [2.24, 2.45) is 7.05 Å². The molecule has 0 atom stereocenters. The van der Waals surface area contributed by atoms with E-state index in [-0.39, 0.29) is 18.5 Å². The van der Waals surface area contributed by atoms with Crippen LogP contribution in [0.1, 0.15) is 6.92 Å². The Labute approximate surface area is 169 Å². The van der Waals surface area contributed by atoms with Crippen LogP contribution in [0.25, 0.3) is 11.3 Å². The van der Waals surface area contributed by atoms with Crippen molar-refractivity contribution in [1.82, 2.24) is 19.6 Å². The zero-order valence-corrected chi connectivity index (χ0v) is 16.8. The fourth-order valence-electron chi connectivity index (χ4n) is 3.03. The Morgan fingerprint density at radius 3 is 2.50 bits per heavy atom. The number of nitrogens with zero attached hydrogens (tertiary/aromatic N) is 4. The van der Waals surface area contributed by atoms with E-state index in [0.717, 1.165) is 11.3 Å². The summed E-state index contributed by atoms with van der Waals surface area (Å²) < 4.78 is 6.65. The van der Waals surface area contributed by atoms with Gasteiger partial charge in [0.25, 0.3) is 0 Å². The Morgan fingerprint density at radius 1 is 1.18 bits per heavy atom. The Kier molecular flexibility index (Phi) is 6.53. The number of hydrogen-bond donors (Lipinski definition) is 1. The summed E-state index contributed by atoms with van der Waals surface area (Å²) in [4.78, 5) is 27.8. The molecule has 0 spiro atoms. The molecule has 0 aliphatic carbocycles. The van der Waals surface area contributed by atoms with Gasteiger partial charge in [-0.15, -0.1) is 0 Å². The standard InChI is InChI=1S/C19H24ClN5O3/c1-3-28-19(27)25-10-8-24(9-11-25)13-18(26)21-17-12-16(22-23(17)2)14-4-6-15(20)7-5-14/h4-7,12H,3,8-11,13H2,1-2H3,(H,21,26). The van der Waals surface area contributed by atoms with Crippen LogP contribution >= 0.6 is 11.6 Å². The van der Waals surface area contributed by atoms with Gasteiger partial charge in [-0.2, -0.15) is 5.10 Å². The van der Waals surface area contributed by atoms with Gasteiger partial charge in [-0.3, -0.25) is 14.4 Å². The molecule has 1 aromatic carbocycles. The number of rotatable bonds is 5. The zero-order chi connectivity index (χ0) is 20.1. The number of aromatic nitrogens is 2. The Bertz CT molecular complexity index is 829. The van der Waals surface area contributed by atoms with Crippen LogP contribution in [0.4, 0.5) is 10.6 Å². The number of anilines is 1. The molecule has 28 heavy (non-hydrogen) atoms. The molecule has 1 aromatic heterocycles. The lowest BCUT2D eigenvalue weighted by atomic mass is 10.1. The van der Waals surface area contributed by atoms with E-state index < -0.39 is 0 Å². The van der Waals surface area contributed by atoms with Crippen LogP contribution in [0.2, 0.25) is 5.02 Å². The summed E-state index contributed by atoms with van der Waals surface area (Å²) in [6.07, 6.45) is -0.295.